The summed E-state index contributed by atoms with van der Waals surface area (Å²) in [5.41, 5.74) is 4.80. The van der Waals surface area contributed by atoms with Crippen LogP contribution in [0, 0.1) is 0 Å². The summed E-state index contributed by atoms with van der Waals surface area (Å²) in [4.78, 5) is 21.1. The van der Waals surface area contributed by atoms with Gasteiger partial charge in [0, 0.05) is 43.3 Å². The number of para-hydroxylation sites is 1. The fourth-order valence-corrected chi connectivity index (χ4v) is 3.07. The number of hydrogen-bond acceptors (Lipinski definition) is 4. The van der Waals surface area contributed by atoms with E-state index >= 15 is 0 Å². The molecule has 1 N–H and O–H groups in total. The summed E-state index contributed by atoms with van der Waals surface area (Å²) < 4.78 is 1.77. The van der Waals surface area contributed by atoms with Gasteiger partial charge in [-0.1, -0.05) is 42.5 Å². The van der Waals surface area contributed by atoms with Gasteiger partial charge in [0.05, 0.1) is 12.6 Å². The summed E-state index contributed by atoms with van der Waals surface area (Å²) >= 11 is 0. The molecule has 2 heterocycles. The molecule has 0 atom stereocenters. The van der Waals surface area contributed by atoms with E-state index in [4.69, 9.17) is 0 Å². The molecule has 2 aromatic heterocycles. The van der Waals surface area contributed by atoms with Crippen LogP contribution < -0.4 is 5.32 Å². The number of benzene rings is 2. The monoisotopic (exact) mass is 383 g/mol. The quantitative estimate of drug-likeness (QED) is 0.552. The number of carbonyl (C=O) groups excluding carboxylic acids is 1. The molecule has 0 fully saturated rings. The van der Waals surface area contributed by atoms with Crippen molar-refractivity contribution in [2.24, 2.45) is 7.05 Å². The van der Waals surface area contributed by atoms with Gasteiger partial charge in [0.15, 0.2) is 0 Å². The molecule has 2 aromatic carbocycles. The van der Waals surface area contributed by atoms with Gasteiger partial charge in [0.25, 0.3) is 0 Å². The molecular weight excluding hydrogens is 362 g/mol. The molecule has 0 aliphatic carbocycles. The van der Waals surface area contributed by atoms with E-state index in [2.05, 4.69) is 20.4 Å². The lowest BCUT2D eigenvalue weighted by Gasteiger charge is -2.07. The fourth-order valence-electron chi connectivity index (χ4n) is 3.07. The summed E-state index contributed by atoms with van der Waals surface area (Å²) in [5.74, 6) is 0.725. The Hall–Kier alpha value is -3.80. The van der Waals surface area contributed by atoms with Gasteiger partial charge in [-0.3, -0.25) is 9.48 Å². The first-order chi connectivity index (χ1) is 14.2. The minimum atomic E-state index is -0.0351. The minimum absolute atomic E-state index is 0.0351. The first-order valence-corrected chi connectivity index (χ1v) is 9.38. The maximum Gasteiger partial charge on any atom is 0.228 e. The Bertz CT molecular complexity index is 1090. The molecule has 0 unspecified atom stereocenters. The van der Waals surface area contributed by atoms with E-state index in [1.54, 1.807) is 4.68 Å². The first-order valence-electron chi connectivity index (χ1n) is 9.38. The van der Waals surface area contributed by atoms with Crippen molar-refractivity contribution < 1.29 is 4.79 Å². The zero-order valence-electron chi connectivity index (χ0n) is 16.1. The SMILES string of the molecule is Cn1cc(Cc2ncc(-c3ccc(CC(=O)Nc4ccccc4)cc3)cn2)cn1. The number of aromatic nitrogens is 4. The third-order valence-electron chi connectivity index (χ3n) is 4.54. The topological polar surface area (TPSA) is 72.7 Å². The van der Waals surface area contributed by atoms with Gasteiger partial charge in [-0.15, -0.1) is 0 Å². The van der Waals surface area contributed by atoms with Gasteiger partial charge in [-0.25, -0.2) is 9.97 Å². The Balaban J connectivity index is 1.37. The van der Waals surface area contributed by atoms with E-state index in [1.807, 2.05) is 86.4 Å². The summed E-state index contributed by atoms with van der Waals surface area (Å²) in [7, 11) is 1.89. The Labute approximate surface area is 169 Å². The Morgan fingerprint density at radius 3 is 2.28 bits per heavy atom. The molecular formula is C23H21N5O. The van der Waals surface area contributed by atoms with Crippen molar-refractivity contribution in [2.45, 2.75) is 12.8 Å². The summed E-state index contributed by atoms with van der Waals surface area (Å²) in [6.07, 6.45) is 8.43. The standard InChI is InChI=1S/C23H21N5O/c1-28-16-18(13-26-28)11-22-24-14-20(15-25-22)19-9-7-17(8-10-19)12-23(29)27-21-5-3-2-4-6-21/h2-10,13-16H,11-12H2,1H3,(H,27,29). The van der Waals surface area contributed by atoms with Crippen LogP contribution in [-0.2, 0) is 24.7 Å². The van der Waals surface area contributed by atoms with Crippen molar-refractivity contribution in [3.63, 3.8) is 0 Å². The van der Waals surface area contributed by atoms with E-state index < -0.39 is 0 Å². The number of nitrogens with one attached hydrogen (secondary N) is 1. The largest absolute Gasteiger partial charge is 0.326 e. The normalized spacial score (nSPS) is 10.7. The lowest BCUT2D eigenvalue weighted by molar-refractivity contribution is -0.115. The maximum atomic E-state index is 12.2. The highest BCUT2D eigenvalue weighted by molar-refractivity contribution is 5.92. The summed E-state index contributed by atoms with van der Waals surface area (Å²) in [6, 6.07) is 17.4. The lowest BCUT2D eigenvalue weighted by atomic mass is 10.0. The van der Waals surface area contributed by atoms with Gasteiger partial charge in [-0.2, -0.15) is 5.10 Å². The molecule has 0 saturated carbocycles. The summed E-state index contributed by atoms with van der Waals surface area (Å²) in [5, 5.41) is 7.06. The van der Waals surface area contributed by atoms with Crippen molar-refractivity contribution in [1.82, 2.24) is 19.7 Å². The summed E-state index contributed by atoms with van der Waals surface area (Å²) in [6.45, 7) is 0. The molecule has 4 aromatic rings. The highest BCUT2D eigenvalue weighted by Crippen LogP contribution is 2.19. The van der Waals surface area contributed by atoms with Crippen LogP contribution in [0.1, 0.15) is 17.0 Å². The second-order valence-electron chi connectivity index (χ2n) is 6.87. The smallest absolute Gasteiger partial charge is 0.228 e. The van der Waals surface area contributed by atoms with Crippen molar-refractivity contribution in [2.75, 3.05) is 5.32 Å². The molecule has 0 aliphatic rings. The van der Waals surface area contributed by atoms with Crippen LogP contribution >= 0.6 is 0 Å². The molecule has 6 heteroatoms. The van der Waals surface area contributed by atoms with Crippen molar-refractivity contribution in [3.8, 4) is 11.1 Å². The number of anilines is 1. The molecule has 0 bridgehead atoms. The van der Waals surface area contributed by atoms with Crippen LogP contribution in [0.15, 0.2) is 79.4 Å². The molecule has 4 rings (SSSR count). The molecule has 144 valence electrons. The lowest BCUT2D eigenvalue weighted by Crippen LogP contribution is -2.14. The number of aryl methyl sites for hydroxylation is 1. The average molecular weight is 383 g/mol. The molecule has 0 aliphatic heterocycles. The Kier molecular flexibility index (Phi) is 5.42. The van der Waals surface area contributed by atoms with Gasteiger partial charge in [-0.05, 0) is 28.8 Å². The Morgan fingerprint density at radius 2 is 1.62 bits per heavy atom. The highest BCUT2D eigenvalue weighted by atomic mass is 16.1. The zero-order valence-corrected chi connectivity index (χ0v) is 16.1. The number of amides is 1. The van der Waals surface area contributed by atoms with E-state index in [1.165, 1.54) is 0 Å². The molecule has 1 amide bonds. The number of hydrogen-bond donors (Lipinski definition) is 1. The van der Waals surface area contributed by atoms with Crippen LogP contribution in [0.25, 0.3) is 11.1 Å². The highest BCUT2D eigenvalue weighted by Gasteiger charge is 2.06. The van der Waals surface area contributed by atoms with Crippen LogP contribution in [0.3, 0.4) is 0 Å². The average Bonchev–Trinajstić information content (AvgIpc) is 3.14. The maximum absolute atomic E-state index is 12.2. The molecule has 0 radical (unpaired) electrons. The van der Waals surface area contributed by atoms with E-state index in [9.17, 15) is 4.79 Å². The zero-order chi connectivity index (χ0) is 20.1. The number of carbonyl (C=O) groups is 1. The molecule has 29 heavy (non-hydrogen) atoms. The van der Waals surface area contributed by atoms with Crippen LogP contribution in [-0.4, -0.2) is 25.7 Å². The first kappa shape index (κ1) is 18.6. The second kappa shape index (κ2) is 8.48. The second-order valence-corrected chi connectivity index (χ2v) is 6.87. The number of rotatable bonds is 6. The Morgan fingerprint density at radius 1 is 0.897 bits per heavy atom. The van der Waals surface area contributed by atoms with Crippen LogP contribution in [0.4, 0.5) is 5.69 Å². The van der Waals surface area contributed by atoms with Crippen LogP contribution in [0.5, 0.6) is 0 Å². The fraction of sp³-hybridized carbons (Fsp3) is 0.130. The van der Waals surface area contributed by atoms with Gasteiger partial charge in [0.2, 0.25) is 5.91 Å². The minimum Gasteiger partial charge on any atom is -0.326 e. The van der Waals surface area contributed by atoms with Gasteiger partial charge < -0.3 is 5.32 Å². The van der Waals surface area contributed by atoms with Crippen molar-refractivity contribution >= 4 is 11.6 Å². The van der Waals surface area contributed by atoms with E-state index in [0.717, 1.165) is 33.8 Å². The molecule has 0 saturated heterocycles. The van der Waals surface area contributed by atoms with Crippen LogP contribution in [0.2, 0.25) is 0 Å². The molecule has 0 spiro atoms. The van der Waals surface area contributed by atoms with Crippen molar-refractivity contribution in [1.29, 1.82) is 0 Å². The van der Waals surface area contributed by atoms with Crippen molar-refractivity contribution in [3.05, 3.63) is 96.3 Å². The molecule has 6 nitrogen and oxygen atoms in total. The predicted octanol–water partition coefficient (Wildman–Crippen LogP) is 3.65. The van der Waals surface area contributed by atoms with E-state index in [-0.39, 0.29) is 5.91 Å². The van der Waals surface area contributed by atoms with E-state index in [0.29, 0.717) is 12.8 Å². The predicted molar refractivity (Wildman–Crippen MR) is 112 cm³/mol. The van der Waals surface area contributed by atoms with Gasteiger partial charge >= 0.3 is 0 Å². The third-order valence-corrected chi connectivity index (χ3v) is 4.54. The number of nitrogens with zero attached hydrogens (tertiary/aromatic N) is 4. The third kappa shape index (κ3) is 4.93. The van der Waals surface area contributed by atoms with Gasteiger partial charge in [0.1, 0.15) is 5.82 Å².